The molecule has 3 nitrogen and oxygen atoms in total. The lowest BCUT2D eigenvalue weighted by atomic mass is 9.83. The molecule has 0 spiro atoms. The molecule has 17 heavy (non-hydrogen) atoms. The second-order valence-corrected chi connectivity index (χ2v) is 5.12. The number of hydrogen-bond donors (Lipinski definition) is 1. The molecule has 0 saturated heterocycles. The third-order valence-corrected chi connectivity index (χ3v) is 3.97. The van der Waals surface area contributed by atoms with E-state index in [1.165, 1.54) is 0 Å². The van der Waals surface area contributed by atoms with Crippen molar-refractivity contribution in [3.63, 3.8) is 0 Å². The number of carbonyl (C=O) groups is 1. The van der Waals surface area contributed by atoms with Gasteiger partial charge in [0.1, 0.15) is 0 Å². The summed E-state index contributed by atoms with van der Waals surface area (Å²) in [6.07, 6.45) is 2.89. The first-order valence-electron chi connectivity index (χ1n) is 6.14. The molecule has 3 heteroatoms. The number of rotatable bonds is 2. The van der Waals surface area contributed by atoms with E-state index in [0.29, 0.717) is 0 Å². The van der Waals surface area contributed by atoms with Crippen LogP contribution in [0.5, 0.6) is 0 Å². The van der Waals surface area contributed by atoms with Gasteiger partial charge in [-0.05, 0) is 31.9 Å². The Kier molecular flexibility index (Phi) is 3.20. The molecule has 1 saturated carbocycles. The highest BCUT2D eigenvalue weighted by atomic mass is 16.2. The predicted molar refractivity (Wildman–Crippen MR) is 69.8 cm³/mol. The molecule has 0 aliphatic heterocycles. The van der Waals surface area contributed by atoms with Crippen LogP contribution < -0.4 is 10.6 Å². The van der Waals surface area contributed by atoms with E-state index in [0.717, 1.165) is 24.9 Å². The maximum atomic E-state index is 12.5. The zero-order valence-electron chi connectivity index (χ0n) is 10.5. The van der Waals surface area contributed by atoms with Crippen molar-refractivity contribution in [2.24, 2.45) is 11.1 Å². The Balaban J connectivity index is 2.21. The average molecular weight is 232 g/mol. The monoisotopic (exact) mass is 232 g/mol. The minimum absolute atomic E-state index is 0.0128. The molecule has 0 bridgehead atoms. The normalized spacial score (nSPS) is 28.1. The van der Waals surface area contributed by atoms with Crippen molar-refractivity contribution in [2.45, 2.75) is 32.2 Å². The number of nitrogens with two attached hydrogens (primary N) is 1. The van der Waals surface area contributed by atoms with Gasteiger partial charge in [0.15, 0.2) is 0 Å². The molecule has 1 aliphatic carbocycles. The van der Waals surface area contributed by atoms with Gasteiger partial charge in [0, 0.05) is 18.8 Å². The number of amides is 1. The summed E-state index contributed by atoms with van der Waals surface area (Å²) in [7, 11) is 1.83. The molecule has 0 radical (unpaired) electrons. The lowest BCUT2D eigenvalue weighted by molar-refractivity contribution is -0.127. The third kappa shape index (κ3) is 2.07. The van der Waals surface area contributed by atoms with Crippen LogP contribution in [0.3, 0.4) is 0 Å². The highest BCUT2D eigenvalue weighted by Gasteiger charge is 2.44. The van der Waals surface area contributed by atoms with Gasteiger partial charge in [-0.15, -0.1) is 0 Å². The second-order valence-electron chi connectivity index (χ2n) is 5.12. The van der Waals surface area contributed by atoms with Crippen molar-refractivity contribution in [1.29, 1.82) is 0 Å². The first-order valence-corrected chi connectivity index (χ1v) is 6.14. The number of nitrogens with zero attached hydrogens (tertiary/aromatic N) is 1. The van der Waals surface area contributed by atoms with Gasteiger partial charge in [-0.3, -0.25) is 4.79 Å². The fraction of sp³-hybridized carbons (Fsp3) is 0.500. The van der Waals surface area contributed by atoms with Crippen LogP contribution in [-0.2, 0) is 4.79 Å². The van der Waals surface area contributed by atoms with Crippen molar-refractivity contribution in [3.8, 4) is 0 Å². The highest BCUT2D eigenvalue weighted by molar-refractivity contribution is 5.97. The highest BCUT2D eigenvalue weighted by Crippen LogP contribution is 2.38. The van der Waals surface area contributed by atoms with Crippen molar-refractivity contribution < 1.29 is 4.79 Å². The van der Waals surface area contributed by atoms with Gasteiger partial charge in [-0.25, -0.2) is 0 Å². The van der Waals surface area contributed by atoms with Gasteiger partial charge in [0.2, 0.25) is 5.91 Å². The second kappa shape index (κ2) is 4.49. The Labute approximate surface area is 103 Å². The van der Waals surface area contributed by atoms with E-state index >= 15 is 0 Å². The SMILES string of the molecule is CN(C(=O)C1(C)CCCC1N)c1ccccc1. The average Bonchev–Trinajstić information content (AvgIpc) is 2.70. The number of benzene rings is 1. The zero-order chi connectivity index (χ0) is 12.5. The summed E-state index contributed by atoms with van der Waals surface area (Å²) in [4.78, 5) is 14.3. The molecular formula is C14H20N2O. The number of anilines is 1. The van der Waals surface area contributed by atoms with Gasteiger partial charge in [-0.2, -0.15) is 0 Å². The van der Waals surface area contributed by atoms with Crippen LogP contribution in [0.15, 0.2) is 30.3 Å². The topological polar surface area (TPSA) is 46.3 Å². The standard InChI is InChI=1S/C14H20N2O/c1-14(10-6-9-12(14)15)13(17)16(2)11-7-4-3-5-8-11/h3-5,7-8,12H,6,9-10,15H2,1-2H3. The maximum absolute atomic E-state index is 12.5. The zero-order valence-corrected chi connectivity index (χ0v) is 10.5. The van der Waals surface area contributed by atoms with E-state index in [4.69, 9.17) is 5.73 Å². The van der Waals surface area contributed by atoms with Gasteiger partial charge >= 0.3 is 0 Å². The number of hydrogen-bond acceptors (Lipinski definition) is 2. The van der Waals surface area contributed by atoms with Crippen molar-refractivity contribution >= 4 is 11.6 Å². The van der Waals surface area contributed by atoms with Crippen LogP contribution in [0.4, 0.5) is 5.69 Å². The molecule has 1 aromatic carbocycles. The number of para-hydroxylation sites is 1. The Morgan fingerprint density at radius 1 is 1.41 bits per heavy atom. The molecule has 0 heterocycles. The van der Waals surface area contributed by atoms with Crippen molar-refractivity contribution in [2.75, 3.05) is 11.9 Å². The van der Waals surface area contributed by atoms with Crippen LogP contribution in [0, 0.1) is 5.41 Å². The van der Waals surface area contributed by atoms with Crippen molar-refractivity contribution in [1.82, 2.24) is 0 Å². The summed E-state index contributed by atoms with van der Waals surface area (Å²) in [5.74, 6) is 0.133. The fourth-order valence-electron chi connectivity index (χ4n) is 2.61. The third-order valence-electron chi connectivity index (χ3n) is 3.97. The molecule has 92 valence electrons. The Hall–Kier alpha value is -1.35. The van der Waals surface area contributed by atoms with Gasteiger partial charge < -0.3 is 10.6 Å². The smallest absolute Gasteiger partial charge is 0.234 e. The molecule has 2 N–H and O–H groups in total. The summed E-state index contributed by atoms with van der Waals surface area (Å²) >= 11 is 0. The molecule has 2 atom stereocenters. The fourth-order valence-corrected chi connectivity index (χ4v) is 2.61. The maximum Gasteiger partial charge on any atom is 0.234 e. The van der Waals surface area contributed by atoms with Crippen LogP contribution >= 0.6 is 0 Å². The molecule has 1 fully saturated rings. The largest absolute Gasteiger partial charge is 0.327 e. The molecular weight excluding hydrogens is 212 g/mol. The summed E-state index contributed by atoms with van der Waals surface area (Å²) in [6.45, 7) is 1.99. The van der Waals surface area contributed by atoms with E-state index in [2.05, 4.69) is 0 Å². The summed E-state index contributed by atoms with van der Waals surface area (Å²) in [5.41, 5.74) is 6.61. The van der Waals surface area contributed by atoms with E-state index in [1.54, 1.807) is 4.90 Å². The first kappa shape index (κ1) is 12.1. The Morgan fingerprint density at radius 3 is 2.59 bits per heavy atom. The lowest BCUT2D eigenvalue weighted by Crippen LogP contribution is -2.48. The van der Waals surface area contributed by atoms with Crippen molar-refractivity contribution in [3.05, 3.63) is 30.3 Å². The number of carbonyl (C=O) groups excluding carboxylic acids is 1. The minimum atomic E-state index is -0.398. The van der Waals surface area contributed by atoms with Gasteiger partial charge in [-0.1, -0.05) is 24.6 Å². The molecule has 2 unspecified atom stereocenters. The van der Waals surface area contributed by atoms with Crippen LogP contribution in [0.1, 0.15) is 26.2 Å². The van der Waals surface area contributed by atoms with E-state index < -0.39 is 5.41 Å². The Morgan fingerprint density at radius 2 is 2.06 bits per heavy atom. The molecule has 1 aliphatic rings. The quantitative estimate of drug-likeness (QED) is 0.849. The van der Waals surface area contributed by atoms with Crippen LogP contribution in [0.2, 0.25) is 0 Å². The van der Waals surface area contributed by atoms with Crippen LogP contribution in [-0.4, -0.2) is 19.0 Å². The Bertz CT molecular complexity index is 404. The summed E-state index contributed by atoms with van der Waals surface area (Å²) in [5, 5.41) is 0. The predicted octanol–water partition coefficient (Wildman–Crippen LogP) is 2.17. The molecule has 0 aromatic heterocycles. The summed E-state index contributed by atoms with van der Waals surface area (Å²) < 4.78 is 0. The van der Waals surface area contributed by atoms with E-state index in [9.17, 15) is 4.79 Å². The molecule has 2 rings (SSSR count). The van der Waals surface area contributed by atoms with E-state index in [-0.39, 0.29) is 11.9 Å². The van der Waals surface area contributed by atoms with Gasteiger partial charge in [0.25, 0.3) is 0 Å². The van der Waals surface area contributed by atoms with E-state index in [1.807, 2.05) is 44.3 Å². The molecule has 1 amide bonds. The lowest BCUT2D eigenvalue weighted by Gasteiger charge is -2.32. The first-order chi connectivity index (χ1) is 8.05. The summed E-state index contributed by atoms with van der Waals surface area (Å²) in [6, 6.07) is 9.71. The van der Waals surface area contributed by atoms with Crippen LogP contribution in [0.25, 0.3) is 0 Å². The molecule has 1 aromatic rings. The minimum Gasteiger partial charge on any atom is -0.327 e. The van der Waals surface area contributed by atoms with Gasteiger partial charge in [0.05, 0.1) is 5.41 Å².